The lowest BCUT2D eigenvalue weighted by molar-refractivity contribution is -0.140. The zero-order valence-electron chi connectivity index (χ0n) is 14.8. The van der Waals surface area contributed by atoms with E-state index in [9.17, 15) is 9.59 Å². The van der Waals surface area contributed by atoms with Gasteiger partial charge in [0.2, 0.25) is 11.8 Å². The molecule has 1 aliphatic heterocycles. The standard InChI is InChI=1S/C20H28N2O2/c1-3-15-7-4-6-14(2)18(15)21-19(23)16-10-12-22(13-11-16)20(24)17-8-5-9-17/h4,6-7,16-17H,3,5,8-13H2,1-2H3,(H,21,23). The van der Waals surface area contributed by atoms with Crippen LogP contribution in [0.25, 0.3) is 0 Å². The molecule has 1 heterocycles. The minimum atomic E-state index is 0.0137. The summed E-state index contributed by atoms with van der Waals surface area (Å²) < 4.78 is 0. The van der Waals surface area contributed by atoms with Crippen LogP contribution in [0.2, 0.25) is 0 Å². The molecule has 2 fully saturated rings. The van der Waals surface area contributed by atoms with Gasteiger partial charge in [0.15, 0.2) is 0 Å². The summed E-state index contributed by atoms with van der Waals surface area (Å²) in [5, 5.41) is 3.15. The van der Waals surface area contributed by atoms with Gasteiger partial charge in [-0.1, -0.05) is 31.5 Å². The van der Waals surface area contributed by atoms with Crippen LogP contribution in [0.1, 0.15) is 50.2 Å². The monoisotopic (exact) mass is 328 g/mol. The second kappa shape index (κ2) is 7.37. The molecule has 1 saturated carbocycles. The molecule has 3 rings (SSSR count). The summed E-state index contributed by atoms with van der Waals surface area (Å²) in [4.78, 5) is 26.9. The summed E-state index contributed by atoms with van der Waals surface area (Å²) in [6.45, 7) is 5.59. The van der Waals surface area contributed by atoms with E-state index in [4.69, 9.17) is 0 Å². The molecule has 130 valence electrons. The maximum Gasteiger partial charge on any atom is 0.227 e. The van der Waals surface area contributed by atoms with E-state index in [0.717, 1.165) is 56.4 Å². The average molecular weight is 328 g/mol. The number of hydrogen-bond acceptors (Lipinski definition) is 2. The molecule has 1 aliphatic carbocycles. The molecule has 0 bridgehead atoms. The number of rotatable bonds is 4. The van der Waals surface area contributed by atoms with Crippen molar-refractivity contribution in [1.29, 1.82) is 0 Å². The first-order valence-electron chi connectivity index (χ1n) is 9.28. The van der Waals surface area contributed by atoms with Crippen LogP contribution in [0.3, 0.4) is 0 Å². The fraction of sp³-hybridized carbons (Fsp3) is 0.600. The number of carbonyl (C=O) groups excluding carboxylic acids is 2. The second-order valence-corrected chi connectivity index (χ2v) is 7.18. The largest absolute Gasteiger partial charge is 0.342 e. The average Bonchev–Trinajstić information content (AvgIpc) is 2.55. The molecule has 24 heavy (non-hydrogen) atoms. The molecule has 0 unspecified atom stereocenters. The van der Waals surface area contributed by atoms with Crippen LogP contribution in [-0.2, 0) is 16.0 Å². The Morgan fingerprint density at radius 3 is 2.42 bits per heavy atom. The van der Waals surface area contributed by atoms with Gasteiger partial charge in [-0.15, -0.1) is 0 Å². The molecule has 1 aromatic carbocycles. The summed E-state index contributed by atoms with van der Waals surface area (Å²) in [5.41, 5.74) is 3.26. The van der Waals surface area contributed by atoms with Gasteiger partial charge in [0.1, 0.15) is 0 Å². The molecule has 0 aromatic heterocycles. The van der Waals surface area contributed by atoms with Crippen molar-refractivity contribution in [3.8, 4) is 0 Å². The Hall–Kier alpha value is -1.84. The van der Waals surface area contributed by atoms with Gasteiger partial charge in [-0.3, -0.25) is 9.59 Å². The number of nitrogens with zero attached hydrogens (tertiary/aromatic N) is 1. The molecule has 1 saturated heterocycles. The SMILES string of the molecule is CCc1cccc(C)c1NC(=O)C1CCN(C(=O)C2CCC2)CC1. The minimum absolute atomic E-state index is 0.0137. The van der Waals surface area contributed by atoms with E-state index in [1.54, 1.807) is 0 Å². The molecule has 0 spiro atoms. The molecule has 4 nitrogen and oxygen atoms in total. The Kier molecular flexibility index (Phi) is 5.22. The van der Waals surface area contributed by atoms with E-state index in [1.165, 1.54) is 12.0 Å². The topological polar surface area (TPSA) is 49.4 Å². The quantitative estimate of drug-likeness (QED) is 0.919. The highest BCUT2D eigenvalue weighted by atomic mass is 16.2. The molecular weight excluding hydrogens is 300 g/mol. The van der Waals surface area contributed by atoms with Crippen molar-refractivity contribution in [2.45, 2.75) is 52.4 Å². The number of benzene rings is 1. The fourth-order valence-electron chi connectivity index (χ4n) is 3.70. The van der Waals surface area contributed by atoms with E-state index in [-0.39, 0.29) is 17.7 Å². The zero-order valence-corrected chi connectivity index (χ0v) is 14.8. The molecule has 2 aliphatic rings. The van der Waals surface area contributed by atoms with Gasteiger partial charge in [0.25, 0.3) is 0 Å². The lowest BCUT2D eigenvalue weighted by atomic mass is 9.83. The number of piperidine rings is 1. The highest BCUT2D eigenvalue weighted by molar-refractivity contribution is 5.94. The lowest BCUT2D eigenvalue weighted by Gasteiger charge is -2.36. The maximum absolute atomic E-state index is 12.7. The highest BCUT2D eigenvalue weighted by Gasteiger charge is 2.33. The lowest BCUT2D eigenvalue weighted by Crippen LogP contribution is -2.45. The first-order valence-corrected chi connectivity index (χ1v) is 9.28. The van der Waals surface area contributed by atoms with Gasteiger partial charge in [-0.2, -0.15) is 0 Å². The molecular formula is C20H28N2O2. The van der Waals surface area contributed by atoms with Crippen LogP contribution in [-0.4, -0.2) is 29.8 Å². The Balaban J connectivity index is 1.57. The van der Waals surface area contributed by atoms with Gasteiger partial charge < -0.3 is 10.2 Å². The van der Waals surface area contributed by atoms with E-state index in [2.05, 4.69) is 18.3 Å². The van der Waals surface area contributed by atoms with Gasteiger partial charge in [-0.25, -0.2) is 0 Å². The first-order chi connectivity index (χ1) is 11.6. The second-order valence-electron chi connectivity index (χ2n) is 7.18. The number of hydrogen-bond donors (Lipinski definition) is 1. The van der Waals surface area contributed by atoms with E-state index < -0.39 is 0 Å². The summed E-state index contributed by atoms with van der Waals surface area (Å²) >= 11 is 0. The van der Waals surface area contributed by atoms with Crippen LogP contribution < -0.4 is 5.32 Å². The van der Waals surface area contributed by atoms with Crippen LogP contribution >= 0.6 is 0 Å². The van der Waals surface area contributed by atoms with Crippen LogP contribution in [0.4, 0.5) is 5.69 Å². The molecule has 0 radical (unpaired) electrons. The Morgan fingerprint density at radius 1 is 1.12 bits per heavy atom. The van der Waals surface area contributed by atoms with Crippen LogP contribution in [0, 0.1) is 18.8 Å². The van der Waals surface area contributed by atoms with Crippen LogP contribution in [0.5, 0.6) is 0 Å². The van der Waals surface area contributed by atoms with Crippen molar-refractivity contribution in [3.63, 3.8) is 0 Å². The summed E-state index contributed by atoms with van der Waals surface area (Å²) in [6.07, 6.45) is 5.74. The third-order valence-corrected chi connectivity index (χ3v) is 5.62. The predicted molar refractivity (Wildman–Crippen MR) is 95.8 cm³/mol. The number of nitrogens with one attached hydrogen (secondary N) is 1. The third kappa shape index (κ3) is 3.47. The summed E-state index contributed by atoms with van der Waals surface area (Å²) in [5.74, 6) is 0.691. The summed E-state index contributed by atoms with van der Waals surface area (Å²) in [7, 11) is 0. The van der Waals surface area contributed by atoms with Crippen molar-refractivity contribution >= 4 is 17.5 Å². The molecule has 1 N–H and O–H groups in total. The minimum Gasteiger partial charge on any atom is -0.342 e. The van der Waals surface area contributed by atoms with Gasteiger partial charge in [0, 0.05) is 30.6 Å². The number of likely N-dealkylation sites (tertiary alicyclic amines) is 1. The van der Waals surface area contributed by atoms with Gasteiger partial charge in [0.05, 0.1) is 0 Å². The Bertz CT molecular complexity index is 614. The third-order valence-electron chi connectivity index (χ3n) is 5.62. The van der Waals surface area contributed by atoms with Crippen LogP contribution in [0.15, 0.2) is 18.2 Å². The van der Waals surface area contributed by atoms with E-state index >= 15 is 0 Å². The number of aryl methyl sites for hydroxylation is 2. The van der Waals surface area contributed by atoms with Crippen molar-refractivity contribution in [1.82, 2.24) is 4.90 Å². The summed E-state index contributed by atoms with van der Waals surface area (Å²) in [6, 6.07) is 6.14. The zero-order chi connectivity index (χ0) is 17.1. The molecule has 1 aromatic rings. The smallest absolute Gasteiger partial charge is 0.227 e. The molecule has 4 heteroatoms. The fourth-order valence-corrected chi connectivity index (χ4v) is 3.70. The van der Waals surface area contributed by atoms with Crippen molar-refractivity contribution < 1.29 is 9.59 Å². The van der Waals surface area contributed by atoms with E-state index in [0.29, 0.717) is 5.91 Å². The highest BCUT2D eigenvalue weighted by Crippen LogP contribution is 2.30. The van der Waals surface area contributed by atoms with Crippen molar-refractivity contribution in [3.05, 3.63) is 29.3 Å². The first kappa shape index (κ1) is 17.0. The van der Waals surface area contributed by atoms with E-state index in [1.807, 2.05) is 24.0 Å². The Morgan fingerprint density at radius 2 is 1.83 bits per heavy atom. The van der Waals surface area contributed by atoms with Gasteiger partial charge >= 0.3 is 0 Å². The number of amides is 2. The normalized spacial score (nSPS) is 19.0. The van der Waals surface area contributed by atoms with Gasteiger partial charge in [-0.05, 0) is 50.2 Å². The maximum atomic E-state index is 12.7. The number of anilines is 1. The predicted octanol–water partition coefficient (Wildman–Crippen LogP) is 3.53. The molecule has 2 amide bonds. The van der Waals surface area contributed by atoms with Crippen molar-refractivity contribution in [2.24, 2.45) is 11.8 Å². The number of carbonyl (C=O) groups is 2. The number of para-hydroxylation sites is 1. The molecule has 0 atom stereocenters. The Labute approximate surface area is 144 Å². The van der Waals surface area contributed by atoms with Crippen molar-refractivity contribution in [2.75, 3.05) is 18.4 Å².